The van der Waals surface area contributed by atoms with Crippen molar-refractivity contribution in [1.29, 1.82) is 0 Å². The number of allylic oxidation sites excluding steroid dienone is 2. The molecule has 1 fully saturated rings. The summed E-state index contributed by atoms with van der Waals surface area (Å²) < 4.78 is 17.6. The second kappa shape index (κ2) is 9.48. The van der Waals surface area contributed by atoms with Gasteiger partial charge in [0, 0.05) is 31.6 Å². The Labute approximate surface area is 212 Å². The van der Waals surface area contributed by atoms with Gasteiger partial charge in [0.15, 0.2) is 5.60 Å². The predicted octanol–water partition coefficient (Wildman–Crippen LogP) is 3.51. The number of benzene rings is 2. The average molecular weight is 491 g/mol. The third kappa shape index (κ3) is 3.53. The van der Waals surface area contributed by atoms with Crippen molar-refractivity contribution in [1.82, 2.24) is 4.90 Å². The molecule has 7 nitrogen and oxygen atoms in total. The van der Waals surface area contributed by atoms with Crippen LogP contribution in [0.3, 0.4) is 0 Å². The molecule has 1 saturated carbocycles. The zero-order valence-electron chi connectivity index (χ0n) is 21.4. The molecule has 0 bridgehead atoms. The zero-order chi connectivity index (χ0) is 26.3. The van der Waals surface area contributed by atoms with Gasteiger partial charge >= 0.3 is 0 Å². The smallest absolute Gasteiger partial charge is 0.228 e. The van der Waals surface area contributed by atoms with E-state index in [4.69, 9.17) is 19.9 Å². The third-order valence-electron chi connectivity index (χ3n) is 7.45. The van der Waals surface area contributed by atoms with Gasteiger partial charge in [-0.1, -0.05) is 43.0 Å². The fourth-order valence-electron chi connectivity index (χ4n) is 5.73. The third-order valence-corrected chi connectivity index (χ3v) is 7.45. The number of fused-ring (bicyclic) bond motifs is 3. The highest BCUT2D eigenvalue weighted by Crippen LogP contribution is 2.65. The standard InChI is InChI=1S/C29H34N2O5/c1-7-20(34-5)14-13-18(2)29-25(19-11-9-8-10-12-19)24(27(33)31(3)4)26(32)28(29,30)22-16-15-21(35-6)17-23(22)36-29/h7-17,24-26,32H,2,30H2,1,3-6H3/b14-13-,20-7+/t24-,25-,26-,28+,29+/m1/s1. The number of hydrogen-bond donors (Lipinski definition) is 2. The van der Waals surface area contributed by atoms with Crippen LogP contribution in [0.1, 0.15) is 24.0 Å². The van der Waals surface area contributed by atoms with Crippen LogP contribution in [0.4, 0.5) is 0 Å². The molecule has 2 aromatic rings. The van der Waals surface area contributed by atoms with Crippen LogP contribution < -0.4 is 15.2 Å². The van der Waals surface area contributed by atoms with Crippen molar-refractivity contribution in [2.75, 3.05) is 28.3 Å². The molecular formula is C29H34N2O5. The molecule has 1 amide bonds. The Bertz CT molecular complexity index is 1220. The fraction of sp³-hybridized carbons (Fsp3) is 0.345. The molecule has 1 aliphatic heterocycles. The van der Waals surface area contributed by atoms with E-state index in [0.717, 1.165) is 5.56 Å². The van der Waals surface area contributed by atoms with Crippen molar-refractivity contribution in [3.05, 3.63) is 95.8 Å². The fourth-order valence-corrected chi connectivity index (χ4v) is 5.73. The van der Waals surface area contributed by atoms with Gasteiger partial charge in [-0.3, -0.25) is 4.79 Å². The van der Waals surface area contributed by atoms with Crippen LogP contribution >= 0.6 is 0 Å². The first-order valence-corrected chi connectivity index (χ1v) is 11.9. The molecule has 5 atom stereocenters. The number of rotatable bonds is 7. The van der Waals surface area contributed by atoms with E-state index in [-0.39, 0.29) is 5.91 Å². The summed E-state index contributed by atoms with van der Waals surface area (Å²) in [5.41, 5.74) is 6.32. The molecule has 0 aromatic heterocycles. The molecule has 4 rings (SSSR count). The number of carbonyl (C=O) groups excluding carboxylic acids is 1. The lowest BCUT2D eigenvalue weighted by atomic mass is 9.69. The SMILES string of the molecule is C=C(/C=C\C(=C/C)OC)[C@@]12Oc3cc(OC)ccc3[C@]1(N)[C@H](O)[C@H](C(=O)N(C)C)[C@H]2c1ccccc1. The van der Waals surface area contributed by atoms with E-state index in [9.17, 15) is 9.90 Å². The first kappa shape index (κ1) is 25.5. The summed E-state index contributed by atoms with van der Waals surface area (Å²) in [4.78, 5) is 15.1. The molecule has 0 radical (unpaired) electrons. The number of aliphatic hydroxyl groups is 1. The van der Waals surface area contributed by atoms with Crippen molar-refractivity contribution in [3.63, 3.8) is 0 Å². The first-order valence-electron chi connectivity index (χ1n) is 11.9. The number of ether oxygens (including phenoxy) is 3. The number of carbonyl (C=O) groups is 1. The Morgan fingerprint density at radius 3 is 2.44 bits per heavy atom. The maximum absolute atomic E-state index is 13.6. The molecule has 0 saturated heterocycles. The molecule has 36 heavy (non-hydrogen) atoms. The summed E-state index contributed by atoms with van der Waals surface area (Å²) in [7, 11) is 6.50. The maximum Gasteiger partial charge on any atom is 0.228 e. The van der Waals surface area contributed by atoms with E-state index in [2.05, 4.69) is 6.58 Å². The normalized spacial score (nSPS) is 28.9. The van der Waals surface area contributed by atoms with Gasteiger partial charge in [-0.15, -0.1) is 0 Å². The number of amides is 1. The highest BCUT2D eigenvalue weighted by atomic mass is 16.5. The molecule has 0 spiro atoms. The Hall–Kier alpha value is -3.55. The van der Waals surface area contributed by atoms with E-state index in [1.54, 1.807) is 58.7 Å². The lowest BCUT2D eigenvalue weighted by Gasteiger charge is -2.42. The van der Waals surface area contributed by atoms with Crippen LogP contribution in [-0.2, 0) is 15.1 Å². The average Bonchev–Trinajstić information content (AvgIpc) is 3.26. The van der Waals surface area contributed by atoms with Gasteiger partial charge in [0.1, 0.15) is 22.8 Å². The number of nitrogens with zero attached hydrogens (tertiary/aromatic N) is 1. The van der Waals surface area contributed by atoms with Gasteiger partial charge in [0.25, 0.3) is 0 Å². The predicted molar refractivity (Wildman–Crippen MR) is 139 cm³/mol. The van der Waals surface area contributed by atoms with E-state index in [0.29, 0.717) is 28.4 Å². The minimum absolute atomic E-state index is 0.239. The monoisotopic (exact) mass is 490 g/mol. The molecule has 2 aromatic carbocycles. The summed E-state index contributed by atoms with van der Waals surface area (Å²) in [6.07, 6.45) is 4.12. The quantitative estimate of drug-likeness (QED) is 0.456. The Morgan fingerprint density at radius 1 is 1.17 bits per heavy atom. The van der Waals surface area contributed by atoms with Crippen LogP contribution in [0.5, 0.6) is 11.5 Å². The number of hydrogen-bond acceptors (Lipinski definition) is 6. The Morgan fingerprint density at radius 2 is 1.86 bits per heavy atom. The largest absolute Gasteiger partial charge is 0.497 e. The molecule has 2 aliphatic rings. The molecule has 1 aliphatic carbocycles. The second-order valence-corrected chi connectivity index (χ2v) is 9.41. The van der Waals surface area contributed by atoms with Crippen LogP contribution in [0.15, 0.2) is 84.7 Å². The topological polar surface area (TPSA) is 94.2 Å². The minimum atomic E-state index is -1.48. The van der Waals surface area contributed by atoms with Gasteiger partial charge in [-0.05, 0) is 42.3 Å². The van der Waals surface area contributed by atoms with E-state index in [1.807, 2.05) is 43.3 Å². The summed E-state index contributed by atoms with van der Waals surface area (Å²) >= 11 is 0. The van der Waals surface area contributed by atoms with Gasteiger partial charge in [0.05, 0.1) is 26.2 Å². The lowest BCUT2D eigenvalue weighted by molar-refractivity contribution is -0.137. The highest BCUT2D eigenvalue weighted by molar-refractivity contribution is 5.83. The van der Waals surface area contributed by atoms with Crippen molar-refractivity contribution < 1.29 is 24.1 Å². The van der Waals surface area contributed by atoms with Gasteiger partial charge in [-0.2, -0.15) is 0 Å². The molecule has 7 heteroatoms. The molecule has 0 unspecified atom stereocenters. The summed E-state index contributed by atoms with van der Waals surface area (Å²) in [6, 6.07) is 14.9. The van der Waals surface area contributed by atoms with Crippen LogP contribution in [0.25, 0.3) is 0 Å². The van der Waals surface area contributed by atoms with Gasteiger partial charge in [0.2, 0.25) is 5.91 Å². The summed E-state index contributed by atoms with van der Waals surface area (Å²) in [6.45, 7) is 6.25. The van der Waals surface area contributed by atoms with Crippen molar-refractivity contribution in [2.24, 2.45) is 11.7 Å². The molecule has 1 heterocycles. The number of methoxy groups -OCH3 is 2. The second-order valence-electron chi connectivity index (χ2n) is 9.41. The van der Waals surface area contributed by atoms with Crippen LogP contribution in [-0.4, -0.2) is 55.9 Å². The van der Waals surface area contributed by atoms with Gasteiger partial charge in [-0.25, -0.2) is 0 Å². The highest BCUT2D eigenvalue weighted by Gasteiger charge is 2.76. The van der Waals surface area contributed by atoms with E-state index >= 15 is 0 Å². The molecule has 190 valence electrons. The summed E-state index contributed by atoms with van der Waals surface area (Å²) in [5, 5.41) is 11.9. The van der Waals surface area contributed by atoms with Crippen LogP contribution in [0, 0.1) is 5.92 Å². The minimum Gasteiger partial charge on any atom is -0.497 e. The summed E-state index contributed by atoms with van der Waals surface area (Å²) in [5.74, 6) is -0.0484. The van der Waals surface area contributed by atoms with Crippen LogP contribution in [0.2, 0.25) is 0 Å². The lowest BCUT2D eigenvalue weighted by Crippen LogP contribution is -2.61. The van der Waals surface area contributed by atoms with Crippen molar-refractivity contribution in [3.8, 4) is 11.5 Å². The van der Waals surface area contributed by atoms with Gasteiger partial charge < -0.3 is 30.0 Å². The Kier molecular flexibility index (Phi) is 6.73. The number of aliphatic hydroxyl groups excluding tert-OH is 1. The maximum atomic E-state index is 13.6. The van der Waals surface area contributed by atoms with E-state index < -0.39 is 29.1 Å². The van der Waals surface area contributed by atoms with E-state index in [1.165, 1.54) is 4.90 Å². The number of nitrogens with two attached hydrogens (primary N) is 1. The zero-order valence-corrected chi connectivity index (χ0v) is 21.4. The van der Waals surface area contributed by atoms with Crippen molar-refractivity contribution >= 4 is 5.91 Å². The van der Waals surface area contributed by atoms with Crippen molar-refractivity contribution in [2.45, 2.75) is 30.1 Å². The first-order chi connectivity index (χ1) is 17.2. The molecule has 3 N–H and O–H groups in total. The Balaban J connectivity index is 2.03. The molecular weight excluding hydrogens is 456 g/mol.